The molecule has 2 aromatic heterocycles. The van der Waals surface area contributed by atoms with Gasteiger partial charge < -0.3 is 9.13 Å². The monoisotopic (exact) mass is 624 g/mol. The molecule has 0 amide bonds. The van der Waals surface area contributed by atoms with Crippen molar-refractivity contribution >= 4 is 38.8 Å². The predicted octanol–water partition coefficient (Wildman–Crippen LogP) is 10.8. The lowest BCUT2D eigenvalue weighted by Gasteiger charge is -2.18. The van der Waals surface area contributed by atoms with Gasteiger partial charge in [0.1, 0.15) is 5.69 Å². The van der Waals surface area contributed by atoms with Gasteiger partial charge in [0, 0.05) is 33.0 Å². The summed E-state index contributed by atoms with van der Waals surface area (Å²) in [6, 6.07) is 49.6. The number of hydrogen-bond donors (Lipinski definition) is 0. The normalized spacial score (nSPS) is 11.2. The van der Waals surface area contributed by atoms with Crippen molar-refractivity contribution in [1.29, 1.82) is 10.5 Å². The van der Waals surface area contributed by atoms with Crippen molar-refractivity contribution in [3.8, 4) is 58.1 Å². The number of terminal acetylenes is 1. The van der Waals surface area contributed by atoms with Crippen LogP contribution >= 0.6 is 0 Å². The molecule has 0 atom stereocenters. The summed E-state index contributed by atoms with van der Waals surface area (Å²) in [7, 11) is 0. The summed E-state index contributed by atoms with van der Waals surface area (Å²) in [5.41, 5.74) is 11.8. The second-order valence-electron chi connectivity index (χ2n) is 11.9. The second-order valence-corrected chi connectivity index (χ2v) is 11.9. The highest BCUT2D eigenvalue weighted by Gasteiger charge is 2.21. The quantitative estimate of drug-likeness (QED) is 0.179. The van der Waals surface area contributed by atoms with Crippen molar-refractivity contribution in [3.63, 3.8) is 0 Å². The topological polar surface area (TPSA) is 57.4 Å². The van der Waals surface area contributed by atoms with E-state index in [-0.39, 0.29) is 0 Å². The average molecular weight is 625 g/mol. The van der Waals surface area contributed by atoms with Crippen molar-refractivity contribution < 1.29 is 0 Å². The fourth-order valence-corrected chi connectivity index (χ4v) is 7.18. The third-order valence-corrected chi connectivity index (χ3v) is 9.20. The molecule has 8 rings (SSSR count). The first-order valence-corrected chi connectivity index (χ1v) is 16.1. The largest absolute Gasteiger partial charge is 0.309 e. The van der Waals surface area contributed by atoms with E-state index in [1.165, 1.54) is 0 Å². The van der Waals surface area contributed by atoms with E-state index in [0.29, 0.717) is 11.1 Å². The zero-order chi connectivity index (χ0) is 33.5. The molecular formula is C45H28N4. The molecule has 0 saturated carbocycles. The van der Waals surface area contributed by atoms with Crippen LogP contribution in [0.4, 0.5) is 0 Å². The Kier molecular flexibility index (Phi) is 7.15. The molecule has 0 spiro atoms. The standard InChI is InChI=1S/C45H28N4/c1-3-13-35-37-18-6-9-21-42(37)49(40(35)4-2)41-20-8-5-17-36(41)34-25-24-30(28-46)26-39(34)31-14-11-16-33(27-31)48-43-22-10-7-19-38(43)45-32(29-47)15-12-23-44(45)48/h2-3,5-27H,1H3/b13-3-. The number of allylic oxidation sites excluding steroid dienone is 1. The third-order valence-electron chi connectivity index (χ3n) is 9.20. The Balaban J connectivity index is 1.38. The van der Waals surface area contributed by atoms with Gasteiger partial charge in [-0.2, -0.15) is 10.5 Å². The molecule has 2 heterocycles. The van der Waals surface area contributed by atoms with Crippen LogP contribution in [0.5, 0.6) is 0 Å². The summed E-state index contributed by atoms with van der Waals surface area (Å²) in [5, 5.41) is 23.1. The molecule has 0 saturated heterocycles. The summed E-state index contributed by atoms with van der Waals surface area (Å²) in [4.78, 5) is 0. The van der Waals surface area contributed by atoms with Crippen LogP contribution in [0.2, 0.25) is 0 Å². The third kappa shape index (κ3) is 4.62. The second kappa shape index (κ2) is 11.9. The predicted molar refractivity (Wildman–Crippen MR) is 201 cm³/mol. The van der Waals surface area contributed by atoms with E-state index < -0.39 is 0 Å². The first-order chi connectivity index (χ1) is 24.2. The van der Waals surface area contributed by atoms with Gasteiger partial charge in [-0.1, -0.05) is 96.9 Å². The van der Waals surface area contributed by atoms with Crippen LogP contribution in [0, 0.1) is 35.0 Å². The van der Waals surface area contributed by atoms with Crippen molar-refractivity contribution in [3.05, 3.63) is 162 Å². The highest BCUT2D eigenvalue weighted by atomic mass is 15.0. The molecule has 0 radical (unpaired) electrons. The van der Waals surface area contributed by atoms with E-state index in [4.69, 9.17) is 6.42 Å². The minimum Gasteiger partial charge on any atom is -0.309 e. The summed E-state index contributed by atoms with van der Waals surface area (Å²) in [6.07, 6.45) is 10.3. The SMILES string of the molecule is C#Cc1c(/C=C\C)c2ccccc2n1-c1ccccc1-c1ccc(C#N)cc1-c1cccc(-n2c3ccccc3c3c(C#N)cccc32)c1. The molecular weight excluding hydrogens is 597 g/mol. The van der Waals surface area contributed by atoms with E-state index in [0.717, 1.165) is 77.6 Å². The molecule has 0 unspecified atom stereocenters. The lowest BCUT2D eigenvalue weighted by Crippen LogP contribution is -2.01. The van der Waals surface area contributed by atoms with Gasteiger partial charge >= 0.3 is 0 Å². The molecule has 4 heteroatoms. The van der Waals surface area contributed by atoms with E-state index in [1.54, 1.807) is 0 Å². The lowest BCUT2D eigenvalue weighted by atomic mass is 9.91. The number of fused-ring (bicyclic) bond motifs is 4. The Labute approximate surface area is 284 Å². The van der Waals surface area contributed by atoms with E-state index in [1.807, 2.05) is 85.8 Å². The van der Waals surface area contributed by atoms with Gasteiger partial charge in [0.05, 0.1) is 45.5 Å². The van der Waals surface area contributed by atoms with Crippen molar-refractivity contribution in [2.45, 2.75) is 6.92 Å². The lowest BCUT2D eigenvalue weighted by molar-refractivity contribution is 1.10. The van der Waals surface area contributed by atoms with Crippen LogP contribution in [0.25, 0.3) is 72.4 Å². The number of para-hydroxylation sites is 3. The minimum absolute atomic E-state index is 0.572. The Morgan fingerprint density at radius 1 is 0.612 bits per heavy atom. The van der Waals surface area contributed by atoms with Gasteiger partial charge in [0.25, 0.3) is 0 Å². The maximum absolute atomic E-state index is 10.0. The van der Waals surface area contributed by atoms with Crippen LogP contribution in [-0.2, 0) is 0 Å². The summed E-state index contributed by atoms with van der Waals surface area (Å²) in [5.74, 6) is 2.99. The molecule has 0 aliphatic carbocycles. The molecule has 0 bridgehead atoms. The van der Waals surface area contributed by atoms with Gasteiger partial charge in [-0.15, -0.1) is 6.42 Å². The number of hydrogen-bond acceptors (Lipinski definition) is 2. The molecule has 49 heavy (non-hydrogen) atoms. The number of benzene rings is 6. The number of aromatic nitrogens is 2. The van der Waals surface area contributed by atoms with Gasteiger partial charge in [0.2, 0.25) is 0 Å². The fraction of sp³-hybridized carbons (Fsp3) is 0.0222. The van der Waals surface area contributed by atoms with Crippen LogP contribution in [0.15, 0.2) is 140 Å². The summed E-state index contributed by atoms with van der Waals surface area (Å²) in [6.45, 7) is 2.00. The highest BCUT2D eigenvalue weighted by Crippen LogP contribution is 2.41. The van der Waals surface area contributed by atoms with Crippen LogP contribution in [0.1, 0.15) is 29.3 Å². The van der Waals surface area contributed by atoms with Gasteiger partial charge in [-0.05, 0) is 78.2 Å². The molecule has 6 aromatic carbocycles. The van der Waals surface area contributed by atoms with Crippen LogP contribution in [0.3, 0.4) is 0 Å². The molecule has 228 valence electrons. The Morgan fingerprint density at radius 2 is 1.33 bits per heavy atom. The molecule has 0 fully saturated rings. The Hall–Kier alpha value is -7.06. The summed E-state index contributed by atoms with van der Waals surface area (Å²) >= 11 is 0. The maximum Gasteiger partial charge on any atom is 0.105 e. The number of nitrogens with zero attached hydrogens (tertiary/aromatic N) is 4. The van der Waals surface area contributed by atoms with Gasteiger partial charge in [0.15, 0.2) is 0 Å². The number of nitriles is 2. The van der Waals surface area contributed by atoms with Crippen LogP contribution < -0.4 is 0 Å². The van der Waals surface area contributed by atoms with Crippen molar-refractivity contribution in [2.24, 2.45) is 0 Å². The Morgan fingerprint density at radius 3 is 2.10 bits per heavy atom. The molecule has 0 N–H and O–H groups in total. The van der Waals surface area contributed by atoms with E-state index >= 15 is 0 Å². The first kappa shape index (κ1) is 29.3. The van der Waals surface area contributed by atoms with Crippen molar-refractivity contribution in [2.75, 3.05) is 0 Å². The fourth-order valence-electron chi connectivity index (χ4n) is 7.18. The van der Waals surface area contributed by atoms with E-state index in [2.05, 4.69) is 93.9 Å². The van der Waals surface area contributed by atoms with E-state index in [9.17, 15) is 10.5 Å². The van der Waals surface area contributed by atoms with Crippen LogP contribution in [-0.4, -0.2) is 9.13 Å². The summed E-state index contributed by atoms with van der Waals surface area (Å²) < 4.78 is 4.38. The molecule has 8 aromatic rings. The molecule has 4 nitrogen and oxygen atoms in total. The average Bonchev–Trinajstić information content (AvgIpc) is 3.67. The molecule has 0 aliphatic rings. The van der Waals surface area contributed by atoms with Gasteiger partial charge in [-0.25, -0.2) is 0 Å². The zero-order valence-electron chi connectivity index (χ0n) is 26.7. The molecule has 0 aliphatic heterocycles. The first-order valence-electron chi connectivity index (χ1n) is 16.1. The number of rotatable bonds is 5. The minimum atomic E-state index is 0.572. The Bertz CT molecular complexity index is 2770. The van der Waals surface area contributed by atoms with Crippen molar-refractivity contribution in [1.82, 2.24) is 9.13 Å². The highest BCUT2D eigenvalue weighted by molar-refractivity contribution is 6.12. The smallest absolute Gasteiger partial charge is 0.105 e. The maximum atomic E-state index is 10.0. The van der Waals surface area contributed by atoms with Gasteiger partial charge in [-0.3, -0.25) is 0 Å². The zero-order valence-corrected chi connectivity index (χ0v) is 26.7.